The second-order valence-electron chi connectivity index (χ2n) is 6.66. The first-order chi connectivity index (χ1) is 8.45. The maximum atomic E-state index is 1.61. The molecule has 1 heteroatoms. The summed E-state index contributed by atoms with van der Waals surface area (Å²) < 4.78 is 2.47. The van der Waals surface area contributed by atoms with Gasteiger partial charge in [-0.2, -0.15) is 0 Å². The van der Waals surface area contributed by atoms with Crippen LogP contribution in [0.5, 0.6) is 0 Å². The maximum Gasteiger partial charge on any atom is 0.245 e. The quantitative estimate of drug-likeness (QED) is 0.569. The molecule has 98 valence electrons. The highest BCUT2D eigenvalue weighted by Crippen LogP contribution is 2.34. The molecule has 0 nitrogen and oxygen atoms in total. The van der Waals surface area contributed by atoms with Crippen LogP contribution in [0, 0.1) is 0 Å². The summed E-state index contributed by atoms with van der Waals surface area (Å²) >= 11 is 0.244. The van der Waals surface area contributed by atoms with Crippen molar-refractivity contribution in [2.75, 3.05) is 0 Å². The van der Waals surface area contributed by atoms with E-state index in [0.717, 1.165) is 0 Å². The van der Waals surface area contributed by atoms with E-state index in [1.54, 1.807) is 51.4 Å². The average molecular weight is 250 g/mol. The van der Waals surface area contributed by atoms with Gasteiger partial charge in [0.25, 0.3) is 0 Å². The van der Waals surface area contributed by atoms with Crippen molar-refractivity contribution < 1.29 is 0 Å². The predicted octanol–water partition coefficient (Wildman–Crippen LogP) is 5.49. The molecule has 2 fully saturated rings. The molecule has 0 spiro atoms. The molecule has 17 heavy (non-hydrogen) atoms. The van der Waals surface area contributed by atoms with Gasteiger partial charge in [-0.25, -0.2) is 0 Å². The van der Waals surface area contributed by atoms with Crippen molar-refractivity contribution >= 4 is 15.2 Å². The third kappa shape index (κ3) is 5.80. The van der Waals surface area contributed by atoms with E-state index in [-0.39, 0.29) is 15.2 Å². The van der Waals surface area contributed by atoms with Crippen LogP contribution in [0.15, 0.2) is 0 Å². The first kappa shape index (κ1) is 14.0. The van der Waals surface area contributed by atoms with E-state index in [1.165, 1.54) is 48.1 Å². The molecular weight excluding hydrogens is 219 g/mol. The van der Waals surface area contributed by atoms with Crippen LogP contribution in [0.4, 0.5) is 0 Å². The molecule has 0 atom stereocenters. The lowest BCUT2D eigenvalue weighted by atomic mass is 10.00. The van der Waals surface area contributed by atoms with E-state index in [0.29, 0.717) is 0 Å². The van der Waals surface area contributed by atoms with E-state index in [2.05, 4.69) is 0 Å². The molecule has 2 rings (SSSR count). The maximum absolute atomic E-state index is 1.61. The van der Waals surface area contributed by atoms with Crippen LogP contribution in [-0.4, -0.2) is 15.2 Å². The molecule has 0 heterocycles. The van der Waals surface area contributed by atoms with Crippen LogP contribution in [0.2, 0.25) is 9.56 Å². The highest BCUT2D eigenvalue weighted by atomic mass is 27.1. The van der Waals surface area contributed by atoms with Crippen LogP contribution in [0.25, 0.3) is 0 Å². The van der Waals surface area contributed by atoms with Gasteiger partial charge < -0.3 is 0 Å². The van der Waals surface area contributed by atoms with Crippen LogP contribution in [-0.2, 0) is 0 Å². The minimum absolute atomic E-state index is 0.244. The molecule has 0 unspecified atom stereocenters. The van der Waals surface area contributed by atoms with Gasteiger partial charge in [-0.05, 0) is 0 Å². The Bertz CT molecular complexity index is 154. The second kappa shape index (κ2) is 8.60. The standard InChI is InChI=1S/2C8H15.Al.H/c2*1-2-4-6-8-7-5-3-1;;/h2*1H,2-8H2;;. The fourth-order valence-corrected chi connectivity index (χ4v) is 7.06. The first-order valence-electron chi connectivity index (χ1n) is 8.45. The average Bonchev–Trinajstić information content (AvgIpc) is 2.24. The number of hydrogen-bond acceptors (Lipinski definition) is 0. The Balaban J connectivity index is 1.72. The summed E-state index contributed by atoms with van der Waals surface area (Å²) in [5, 5.41) is 0. The van der Waals surface area contributed by atoms with Gasteiger partial charge in [-0.3, -0.25) is 0 Å². The third-order valence-electron chi connectivity index (χ3n) is 5.12. The summed E-state index contributed by atoms with van der Waals surface area (Å²) in [4.78, 5) is 0. The molecule has 2 aliphatic rings. The van der Waals surface area contributed by atoms with Crippen molar-refractivity contribution in [1.82, 2.24) is 0 Å². The van der Waals surface area contributed by atoms with Gasteiger partial charge in [0, 0.05) is 0 Å². The smallest absolute Gasteiger partial charge is 0.0857 e. The fourth-order valence-electron chi connectivity index (χ4n) is 4.02. The number of rotatable bonds is 2. The van der Waals surface area contributed by atoms with E-state index >= 15 is 0 Å². The summed E-state index contributed by atoms with van der Waals surface area (Å²) in [7, 11) is 0. The molecule has 0 bridgehead atoms. The molecule has 0 radical (unpaired) electrons. The fraction of sp³-hybridized carbons (Fsp3) is 1.00. The molecule has 2 aliphatic carbocycles. The molecule has 0 saturated heterocycles. The molecule has 0 aromatic carbocycles. The molecule has 0 aromatic rings. The first-order valence-corrected chi connectivity index (χ1v) is 10.1. The minimum Gasteiger partial charge on any atom is -0.0857 e. The van der Waals surface area contributed by atoms with Crippen LogP contribution in [0.3, 0.4) is 0 Å². The van der Waals surface area contributed by atoms with Crippen molar-refractivity contribution in [2.45, 2.75) is 99.5 Å². The Morgan fingerprint density at radius 2 is 0.706 bits per heavy atom. The Hall–Kier alpha value is 0.532. The summed E-state index contributed by atoms with van der Waals surface area (Å²) in [6.45, 7) is 0. The van der Waals surface area contributed by atoms with Crippen molar-refractivity contribution in [3.63, 3.8) is 0 Å². The summed E-state index contributed by atoms with van der Waals surface area (Å²) in [5.74, 6) is 0. The third-order valence-corrected chi connectivity index (χ3v) is 8.08. The molecule has 0 aliphatic heterocycles. The highest BCUT2D eigenvalue weighted by molar-refractivity contribution is 6.39. The molecular formula is C16H31Al. The van der Waals surface area contributed by atoms with Crippen molar-refractivity contribution in [2.24, 2.45) is 0 Å². The Morgan fingerprint density at radius 1 is 0.412 bits per heavy atom. The summed E-state index contributed by atoms with van der Waals surface area (Å²) in [6, 6.07) is 0. The van der Waals surface area contributed by atoms with Gasteiger partial charge in [0.15, 0.2) is 0 Å². The normalized spacial score (nSPS) is 26.6. The lowest BCUT2D eigenvalue weighted by molar-refractivity contribution is 0.477. The highest BCUT2D eigenvalue weighted by Gasteiger charge is 2.20. The molecule has 0 N–H and O–H groups in total. The number of hydrogen-bond donors (Lipinski definition) is 0. The van der Waals surface area contributed by atoms with Crippen molar-refractivity contribution in [3.8, 4) is 0 Å². The summed E-state index contributed by atoms with van der Waals surface area (Å²) in [5.41, 5.74) is 0. The van der Waals surface area contributed by atoms with Gasteiger partial charge in [0.05, 0.1) is 0 Å². The van der Waals surface area contributed by atoms with E-state index in [9.17, 15) is 0 Å². The van der Waals surface area contributed by atoms with Gasteiger partial charge in [0.1, 0.15) is 0 Å². The summed E-state index contributed by atoms with van der Waals surface area (Å²) in [6.07, 6.45) is 21.9. The van der Waals surface area contributed by atoms with Crippen molar-refractivity contribution in [3.05, 3.63) is 0 Å². The van der Waals surface area contributed by atoms with E-state index in [1.807, 2.05) is 0 Å². The SMILES string of the molecule is C1CCC[CH]([AlH][CH]2CCCCCCC2)CCC1. The van der Waals surface area contributed by atoms with Crippen molar-refractivity contribution in [1.29, 1.82) is 0 Å². The van der Waals surface area contributed by atoms with Gasteiger partial charge in [-0.1, -0.05) is 99.5 Å². The topological polar surface area (TPSA) is 0 Å². The van der Waals surface area contributed by atoms with E-state index < -0.39 is 0 Å². The lowest BCUT2D eigenvalue weighted by Crippen LogP contribution is -2.14. The van der Waals surface area contributed by atoms with E-state index in [4.69, 9.17) is 0 Å². The molecule has 0 amide bonds. The zero-order valence-corrected chi connectivity index (χ0v) is 13.2. The Kier molecular flexibility index (Phi) is 7.06. The second-order valence-corrected chi connectivity index (χ2v) is 9.44. The van der Waals surface area contributed by atoms with Crippen LogP contribution < -0.4 is 0 Å². The minimum atomic E-state index is 0.244. The zero-order valence-electron chi connectivity index (χ0n) is 11.8. The van der Waals surface area contributed by atoms with Crippen LogP contribution in [0.1, 0.15) is 89.9 Å². The monoisotopic (exact) mass is 250 g/mol. The largest absolute Gasteiger partial charge is 0.245 e. The Labute approximate surface area is 115 Å². The molecule has 0 aromatic heterocycles. The van der Waals surface area contributed by atoms with Gasteiger partial charge in [-0.15, -0.1) is 0 Å². The lowest BCUT2D eigenvalue weighted by Gasteiger charge is -2.24. The zero-order chi connectivity index (χ0) is 11.8. The Morgan fingerprint density at radius 3 is 1.06 bits per heavy atom. The predicted molar refractivity (Wildman–Crippen MR) is 79.3 cm³/mol. The molecule has 2 saturated carbocycles. The van der Waals surface area contributed by atoms with Crippen LogP contribution >= 0.6 is 0 Å². The van der Waals surface area contributed by atoms with Gasteiger partial charge in [0.2, 0.25) is 15.2 Å². The van der Waals surface area contributed by atoms with Gasteiger partial charge >= 0.3 is 0 Å².